The fraction of sp³-hybridized carbons (Fsp3) is 0. The zero-order chi connectivity index (χ0) is 42.5. The Bertz CT molecular complexity index is 3380. The molecule has 0 amide bonds. The van der Waals surface area contributed by atoms with Crippen molar-refractivity contribution >= 4 is 84.9 Å². The van der Waals surface area contributed by atoms with Crippen molar-refractivity contribution in [1.29, 1.82) is 0 Å². The average Bonchev–Trinajstić information content (AvgIpc) is 3.77. The fourth-order valence-electron chi connectivity index (χ4n) is 10.1. The molecule has 2 heterocycles. The second-order valence-electron chi connectivity index (χ2n) is 16.4. The lowest BCUT2D eigenvalue weighted by atomic mass is 10.0. The predicted molar refractivity (Wildman–Crippen MR) is 271 cm³/mol. The van der Waals surface area contributed by atoms with Crippen LogP contribution in [-0.2, 0) is 0 Å². The minimum Gasteiger partial charge on any atom is -0.456 e. The monoisotopic (exact) mass is 834 g/mol. The molecule has 11 aromatic rings. The van der Waals surface area contributed by atoms with Crippen LogP contribution in [0.25, 0.3) is 44.2 Å². The zero-order valence-corrected chi connectivity index (χ0v) is 36.1. The second kappa shape index (κ2) is 15.6. The third kappa shape index (κ3) is 6.10. The molecular formula is C60H42N2OSi. The Kier molecular flexibility index (Phi) is 9.17. The molecule has 0 aliphatic carbocycles. The van der Waals surface area contributed by atoms with Crippen molar-refractivity contribution in [2.45, 2.75) is 0 Å². The Morgan fingerprint density at radius 3 is 1.53 bits per heavy atom. The highest BCUT2D eigenvalue weighted by atomic mass is 28.3. The minimum absolute atomic E-state index is 0.866. The predicted octanol–water partition coefficient (Wildman–Crippen LogP) is 13.6. The number of para-hydroxylation sites is 3. The van der Waals surface area contributed by atoms with E-state index in [4.69, 9.17) is 4.42 Å². The van der Waals surface area contributed by atoms with Gasteiger partial charge in [-0.3, -0.25) is 0 Å². The Morgan fingerprint density at radius 1 is 0.359 bits per heavy atom. The number of nitrogens with zero attached hydrogens (tertiary/aromatic N) is 2. The van der Waals surface area contributed by atoms with Crippen LogP contribution in [0.3, 0.4) is 0 Å². The summed E-state index contributed by atoms with van der Waals surface area (Å²) >= 11 is 0. The van der Waals surface area contributed by atoms with E-state index < -0.39 is 8.07 Å². The fourth-order valence-corrected chi connectivity index (χ4v) is 15.2. The average molecular weight is 835 g/mol. The molecule has 12 rings (SSSR count). The summed E-state index contributed by atoms with van der Waals surface area (Å²) in [7, 11) is -2.79. The summed E-state index contributed by atoms with van der Waals surface area (Å²) in [4.78, 5) is 4.85. The first-order valence-electron chi connectivity index (χ1n) is 21.9. The summed E-state index contributed by atoms with van der Waals surface area (Å²) in [5, 5.41) is 7.69. The van der Waals surface area contributed by atoms with Crippen LogP contribution in [-0.4, -0.2) is 8.07 Å². The highest BCUT2D eigenvalue weighted by Crippen LogP contribution is 2.44. The maximum absolute atomic E-state index is 6.42. The van der Waals surface area contributed by atoms with E-state index in [9.17, 15) is 0 Å². The molecule has 0 fully saturated rings. The molecule has 0 radical (unpaired) electrons. The largest absolute Gasteiger partial charge is 0.456 e. The van der Waals surface area contributed by atoms with Gasteiger partial charge in [-0.05, 0) is 110 Å². The van der Waals surface area contributed by atoms with Crippen LogP contribution in [0.1, 0.15) is 0 Å². The lowest BCUT2D eigenvalue weighted by Crippen LogP contribution is -2.77. The molecule has 0 saturated carbocycles. The topological polar surface area (TPSA) is 19.6 Å². The van der Waals surface area contributed by atoms with E-state index in [0.29, 0.717) is 0 Å². The molecule has 0 saturated heterocycles. The molecule has 0 bridgehead atoms. The van der Waals surface area contributed by atoms with Gasteiger partial charge in [-0.2, -0.15) is 0 Å². The van der Waals surface area contributed by atoms with Crippen LogP contribution >= 0.6 is 0 Å². The van der Waals surface area contributed by atoms with Gasteiger partial charge in [0.15, 0.2) is 8.07 Å². The Labute approximate surface area is 374 Å². The highest BCUT2D eigenvalue weighted by molar-refractivity contribution is 7.21. The van der Waals surface area contributed by atoms with Crippen LogP contribution in [0.15, 0.2) is 259 Å². The molecule has 4 heteroatoms. The first kappa shape index (κ1) is 37.6. The summed E-state index contributed by atoms with van der Waals surface area (Å²) in [6.45, 7) is 0. The van der Waals surface area contributed by atoms with E-state index in [-0.39, 0.29) is 0 Å². The third-order valence-corrected chi connectivity index (χ3v) is 17.8. The van der Waals surface area contributed by atoms with Crippen molar-refractivity contribution in [2.75, 3.05) is 9.80 Å². The van der Waals surface area contributed by atoms with E-state index in [1.807, 2.05) is 6.07 Å². The molecule has 1 aliphatic heterocycles. The van der Waals surface area contributed by atoms with Crippen molar-refractivity contribution in [3.63, 3.8) is 0 Å². The van der Waals surface area contributed by atoms with Gasteiger partial charge in [0.1, 0.15) is 11.2 Å². The van der Waals surface area contributed by atoms with Crippen molar-refractivity contribution in [3.8, 4) is 22.3 Å². The van der Waals surface area contributed by atoms with Gasteiger partial charge in [0.2, 0.25) is 0 Å². The van der Waals surface area contributed by atoms with Gasteiger partial charge in [-0.15, -0.1) is 0 Å². The smallest absolute Gasteiger partial charge is 0.184 e. The van der Waals surface area contributed by atoms with Crippen LogP contribution < -0.4 is 30.5 Å². The van der Waals surface area contributed by atoms with Crippen LogP contribution in [0.5, 0.6) is 0 Å². The molecule has 302 valence electrons. The van der Waals surface area contributed by atoms with Gasteiger partial charge in [0.25, 0.3) is 0 Å². The van der Waals surface area contributed by atoms with Crippen LogP contribution in [0.4, 0.5) is 34.1 Å². The van der Waals surface area contributed by atoms with E-state index in [0.717, 1.165) is 55.8 Å². The summed E-state index contributed by atoms with van der Waals surface area (Å²) in [5.41, 5.74) is 13.2. The number of fused-ring (bicyclic) bond motifs is 5. The maximum atomic E-state index is 6.42. The van der Waals surface area contributed by atoms with Gasteiger partial charge in [0.05, 0.1) is 11.1 Å². The van der Waals surface area contributed by atoms with Crippen molar-refractivity contribution in [1.82, 2.24) is 0 Å². The van der Waals surface area contributed by atoms with Gasteiger partial charge in [-0.1, -0.05) is 188 Å². The van der Waals surface area contributed by atoms with Crippen LogP contribution in [0.2, 0.25) is 0 Å². The molecule has 64 heavy (non-hydrogen) atoms. The lowest BCUT2D eigenvalue weighted by molar-refractivity contribution is 0.669. The van der Waals surface area contributed by atoms with Gasteiger partial charge < -0.3 is 14.2 Å². The number of hydrogen-bond acceptors (Lipinski definition) is 3. The van der Waals surface area contributed by atoms with Crippen molar-refractivity contribution < 1.29 is 4.42 Å². The summed E-state index contributed by atoms with van der Waals surface area (Å²) < 4.78 is 6.42. The number of hydrogen-bond donors (Lipinski definition) is 0. The van der Waals surface area contributed by atoms with E-state index in [1.165, 1.54) is 43.2 Å². The molecule has 10 aromatic carbocycles. The van der Waals surface area contributed by atoms with E-state index in [1.54, 1.807) is 0 Å². The molecule has 0 N–H and O–H groups in total. The Morgan fingerprint density at radius 2 is 0.859 bits per heavy atom. The molecule has 1 aromatic heterocycles. The second-order valence-corrected chi connectivity index (χ2v) is 20.2. The first-order chi connectivity index (χ1) is 31.8. The number of rotatable bonds is 8. The first-order valence-corrected chi connectivity index (χ1v) is 23.9. The summed E-state index contributed by atoms with van der Waals surface area (Å²) in [6.07, 6.45) is 0. The van der Waals surface area contributed by atoms with Crippen LogP contribution in [0, 0.1) is 0 Å². The van der Waals surface area contributed by atoms with Crippen molar-refractivity contribution in [3.05, 3.63) is 255 Å². The van der Waals surface area contributed by atoms with Gasteiger partial charge in [0, 0.05) is 33.8 Å². The molecule has 1 aliphatic rings. The number of furan rings is 1. The summed E-state index contributed by atoms with van der Waals surface area (Å²) in [5.74, 6) is 0. The Balaban J connectivity index is 1.03. The summed E-state index contributed by atoms with van der Waals surface area (Å²) in [6, 6.07) is 92.8. The van der Waals surface area contributed by atoms with Crippen molar-refractivity contribution in [2.24, 2.45) is 0 Å². The molecule has 0 spiro atoms. The van der Waals surface area contributed by atoms with Gasteiger partial charge >= 0.3 is 0 Å². The SMILES string of the molecule is c1ccc(-c2ccc(N(c3ccc(-c4ccc5c(c4)N(c4ccccc4)c4ccccc4[Si]5(c4ccccc4)c4ccccc4)cc3)c3cccc4oc5ccccc5c34)cc2)cc1. The molecular weight excluding hydrogens is 793 g/mol. The molecule has 3 nitrogen and oxygen atoms in total. The third-order valence-electron chi connectivity index (χ3n) is 12.9. The van der Waals surface area contributed by atoms with E-state index in [2.05, 4.69) is 259 Å². The Hall–Kier alpha value is -8.18. The highest BCUT2D eigenvalue weighted by Gasteiger charge is 2.48. The maximum Gasteiger partial charge on any atom is 0.184 e. The molecule has 0 atom stereocenters. The normalized spacial score (nSPS) is 12.8. The zero-order valence-electron chi connectivity index (χ0n) is 35.1. The minimum atomic E-state index is -2.79. The number of anilines is 6. The standard InChI is InChI=1S/C60H42N2OSi/c1-5-18-43(19-6-1)44-32-37-48(38-33-44)61(54-28-17-30-57-60(54)52-26-13-15-29-56(52)63-57)49-39-34-45(35-40-49)46-36-41-59-55(42-46)62(47-20-7-2-8-21-47)53-27-14-16-31-58(53)64(59,50-22-9-3-10-23-50)51-24-11-4-12-25-51/h1-42H. The lowest BCUT2D eigenvalue weighted by Gasteiger charge is -2.45. The number of benzene rings is 10. The van der Waals surface area contributed by atoms with Gasteiger partial charge in [-0.25, -0.2) is 0 Å². The van der Waals surface area contributed by atoms with E-state index >= 15 is 0 Å². The quantitative estimate of drug-likeness (QED) is 0.142. The molecule has 0 unspecified atom stereocenters.